The molecule has 2 heterocycles. The molecule has 144 valence electrons. The monoisotopic (exact) mass is 481 g/mol. The van der Waals surface area contributed by atoms with E-state index in [9.17, 15) is 0 Å². The van der Waals surface area contributed by atoms with Gasteiger partial charge in [0.25, 0.3) is 0 Å². The Morgan fingerprint density at radius 2 is 2.36 bits per heavy atom. The average Bonchev–Trinajstić information content (AvgIpc) is 2.96. The average molecular weight is 481 g/mol. The highest BCUT2D eigenvalue weighted by atomic mass is 127. The SMILES string of the molecule is CCNC(=NCC(C)N1CCOCC1C)N(C)Cc1csc(C)n1.I. The highest BCUT2D eigenvalue weighted by Crippen LogP contribution is 2.12. The van der Waals surface area contributed by atoms with E-state index in [1.807, 2.05) is 6.92 Å². The molecule has 0 spiro atoms. The Bertz CT molecular complexity index is 539. The van der Waals surface area contributed by atoms with Crippen LogP contribution >= 0.6 is 35.3 Å². The van der Waals surface area contributed by atoms with Gasteiger partial charge in [-0.2, -0.15) is 0 Å². The van der Waals surface area contributed by atoms with E-state index in [1.54, 1.807) is 11.3 Å². The minimum Gasteiger partial charge on any atom is -0.379 e. The van der Waals surface area contributed by atoms with Crippen molar-refractivity contribution in [1.82, 2.24) is 20.1 Å². The number of nitrogens with one attached hydrogen (secondary N) is 1. The number of aryl methyl sites for hydroxylation is 1. The van der Waals surface area contributed by atoms with Gasteiger partial charge in [-0.1, -0.05) is 0 Å². The molecule has 2 atom stereocenters. The van der Waals surface area contributed by atoms with Crippen molar-refractivity contribution in [2.45, 2.75) is 46.3 Å². The number of thiazole rings is 1. The molecule has 1 aliphatic rings. The van der Waals surface area contributed by atoms with Gasteiger partial charge in [0.1, 0.15) is 0 Å². The second-order valence-electron chi connectivity index (χ2n) is 6.42. The Morgan fingerprint density at radius 1 is 1.60 bits per heavy atom. The van der Waals surface area contributed by atoms with Gasteiger partial charge in [0.05, 0.1) is 37.0 Å². The zero-order valence-electron chi connectivity index (χ0n) is 16.0. The topological polar surface area (TPSA) is 53.0 Å². The van der Waals surface area contributed by atoms with E-state index in [4.69, 9.17) is 9.73 Å². The van der Waals surface area contributed by atoms with Crippen molar-refractivity contribution in [3.63, 3.8) is 0 Å². The molecular weight excluding hydrogens is 449 g/mol. The summed E-state index contributed by atoms with van der Waals surface area (Å²) in [4.78, 5) is 14.0. The molecule has 1 N–H and O–H groups in total. The largest absolute Gasteiger partial charge is 0.379 e. The molecular formula is C17H32IN5OS. The third kappa shape index (κ3) is 6.99. The molecule has 1 aromatic rings. The van der Waals surface area contributed by atoms with Gasteiger partial charge in [-0.05, 0) is 27.7 Å². The molecule has 0 amide bonds. The quantitative estimate of drug-likeness (QED) is 0.385. The van der Waals surface area contributed by atoms with E-state index in [2.05, 4.69) is 53.3 Å². The van der Waals surface area contributed by atoms with Gasteiger partial charge in [-0.3, -0.25) is 9.89 Å². The van der Waals surface area contributed by atoms with Crippen LogP contribution in [-0.4, -0.2) is 72.7 Å². The molecule has 6 nitrogen and oxygen atoms in total. The lowest BCUT2D eigenvalue weighted by molar-refractivity contribution is -0.0166. The van der Waals surface area contributed by atoms with Crippen LogP contribution in [-0.2, 0) is 11.3 Å². The van der Waals surface area contributed by atoms with Crippen molar-refractivity contribution in [3.05, 3.63) is 16.1 Å². The van der Waals surface area contributed by atoms with E-state index in [1.165, 1.54) is 0 Å². The molecule has 1 fully saturated rings. The Labute approximate surface area is 173 Å². The van der Waals surface area contributed by atoms with Crippen LogP contribution in [0.3, 0.4) is 0 Å². The van der Waals surface area contributed by atoms with Crippen LogP contribution in [0.2, 0.25) is 0 Å². The number of morpholine rings is 1. The first-order valence-electron chi connectivity index (χ1n) is 8.75. The molecule has 0 aliphatic carbocycles. The smallest absolute Gasteiger partial charge is 0.194 e. The highest BCUT2D eigenvalue weighted by molar-refractivity contribution is 14.0. The minimum atomic E-state index is 0. The lowest BCUT2D eigenvalue weighted by Gasteiger charge is -2.37. The second kappa shape index (κ2) is 11.3. The summed E-state index contributed by atoms with van der Waals surface area (Å²) in [5.41, 5.74) is 1.10. The van der Waals surface area contributed by atoms with Gasteiger partial charge in [-0.25, -0.2) is 4.98 Å². The normalized spacial score (nSPS) is 20.0. The number of guanidine groups is 1. The lowest BCUT2D eigenvalue weighted by Crippen LogP contribution is -2.49. The summed E-state index contributed by atoms with van der Waals surface area (Å²) < 4.78 is 5.53. The summed E-state index contributed by atoms with van der Waals surface area (Å²) in [6, 6.07) is 0.870. The van der Waals surface area contributed by atoms with Crippen LogP contribution in [0.1, 0.15) is 31.5 Å². The van der Waals surface area contributed by atoms with Gasteiger partial charge in [0.2, 0.25) is 0 Å². The molecule has 0 saturated carbocycles. The highest BCUT2D eigenvalue weighted by Gasteiger charge is 2.23. The van der Waals surface area contributed by atoms with Crippen LogP contribution in [0.15, 0.2) is 10.4 Å². The Balaban J connectivity index is 0.00000312. The fraction of sp³-hybridized carbons (Fsp3) is 0.765. The molecule has 1 aliphatic heterocycles. The number of hydrogen-bond donors (Lipinski definition) is 1. The van der Waals surface area contributed by atoms with Crippen molar-refractivity contribution in [2.24, 2.45) is 4.99 Å². The van der Waals surface area contributed by atoms with E-state index >= 15 is 0 Å². The molecule has 2 rings (SSSR count). The first-order chi connectivity index (χ1) is 11.5. The Kier molecular flexibility index (Phi) is 10.2. The van der Waals surface area contributed by atoms with Crippen molar-refractivity contribution in [3.8, 4) is 0 Å². The van der Waals surface area contributed by atoms with Crippen LogP contribution in [0.5, 0.6) is 0 Å². The maximum Gasteiger partial charge on any atom is 0.194 e. The van der Waals surface area contributed by atoms with E-state index < -0.39 is 0 Å². The van der Waals surface area contributed by atoms with Gasteiger partial charge >= 0.3 is 0 Å². The van der Waals surface area contributed by atoms with Crippen LogP contribution < -0.4 is 5.32 Å². The molecule has 1 aromatic heterocycles. The maximum absolute atomic E-state index is 5.53. The van der Waals surface area contributed by atoms with Crippen molar-refractivity contribution >= 4 is 41.3 Å². The third-order valence-electron chi connectivity index (χ3n) is 4.25. The predicted octanol–water partition coefficient (Wildman–Crippen LogP) is 2.58. The number of hydrogen-bond acceptors (Lipinski definition) is 5. The minimum absolute atomic E-state index is 0. The molecule has 2 unspecified atom stereocenters. The maximum atomic E-state index is 5.53. The predicted molar refractivity (Wildman–Crippen MR) is 116 cm³/mol. The van der Waals surface area contributed by atoms with E-state index in [0.29, 0.717) is 12.1 Å². The van der Waals surface area contributed by atoms with Gasteiger partial charge < -0.3 is 15.0 Å². The molecule has 25 heavy (non-hydrogen) atoms. The summed E-state index contributed by atoms with van der Waals surface area (Å²) >= 11 is 1.69. The second-order valence-corrected chi connectivity index (χ2v) is 7.48. The van der Waals surface area contributed by atoms with E-state index in [0.717, 1.165) is 56.1 Å². The number of aliphatic imine (C=N–C) groups is 1. The first-order valence-corrected chi connectivity index (χ1v) is 9.63. The third-order valence-corrected chi connectivity index (χ3v) is 5.07. The van der Waals surface area contributed by atoms with Crippen LogP contribution in [0.25, 0.3) is 0 Å². The summed E-state index contributed by atoms with van der Waals surface area (Å²) in [6.45, 7) is 13.7. The standard InChI is InChI=1S/C17H31N5OS.HI/c1-6-18-17(21(5)10-16-12-24-15(4)20-16)19-9-13(2)22-7-8-23-11-14(22)3;/h12-14H,6-11H2,1-5H3,(H,18,19);1H. The molecule has 8 heteroatoms. The lowest BCUT2D eigenvalue weighted by atomic mass is 10.2. The van der Waals surface area contributed by atoms with Crippen molar-refractivity contribution in [1.29, 1.82) is 0 Å². The summed E-state index contributed by atoms with van der Waals surface area (Å²) in [7, 11) is 2.07. The van der Waals surface area contributed by atoms with Gasteiger partial charge in [0, 0.05) is 37.6 Å². The Hall–Kier alpha value is -0.450. The summed E-state index contributed by atoms with van der Waals surface area (Å²) in [5.74, 6) is 0.941. The zero-order chi connectivity index (χ0) is 17.5. The van der Waals surface area contributed by atoms with Gasteiger partial charge in [0.15, 0.2) is 5.96 Å². The number of ether oxygens (including phenoxy) is 1. The molecule has 0 bridgehead atoms. The number of nitrogens with zero attached hydrogens (tertiary/aromatic N) is 4. The fourth-order valence-electron chi connectivity index (χ4n) is 2.99. The summed E-state index contributed by atoms with van der Waals surface area (Å²) in [5, 5.41) is 6.61. The molecule has 0 radical (unpaired) electrons. The molecule has 0 aromatic carbocycles. The Morgan fingerprint density at radius 3 is 2.96 bits per heavy atom. The molecule has 1 saturated heterocycles. The van der Waals surface area contributed by atoms with Crippen molar-refractivity contribution in [2.75, 3.05) is 39.9 Å². The number of rotatable bonds is 6. The van der Waals surface area contributed by atoms with Gasteiger partial charge in [-0.15, -0.1) is 35.3 Å². The first kappa shape index (κ1) is 22.6. The van der Waals surface area contributed by atoms with Crippen molar-refractivity contribution < 1.29 is 4.74 Å². The number of halogens is 1. The van der Waals surface area contributed by atoms with Crippen LogP contribution in [0.4, 0.5) is 0 Å². The van der Waals surface area contributed by atoms with E-state index in [-0.39, 0.29) is 24.0 Å². The number of aromatic nitrogens is 1. The summed E-state index contributed by atoms with van der Waals surface area (Å²) in [6.07, 6.45) is 0. The fourth-order valence-corrected chi connectivity index (χ4v) is 3.59. The van der Waals surface area contributed by atoms with Crippen LogP contribution in [0, 0.1) is 6.92 Å². The zero-order valence-corrected chi connectivity index (χ0v) is 19.1.